The summed E-state index contributed by atoms with van der Waals surface area (Å²) in [6, 6.07) is 16.2. The number of amides is 3. The smallest absolute Gasteiger partial charge is 0.319 e. The highest BCUT2D eigenvalue weighted by Gasteiger charge is 2.20. The first kappa shape index (κ1) is 17.6. The zero-order valence-corrected chi connectivity index (χ0v) is 14.2. The molecule has 1 atom stereocenters. The fourth-order valence-electron chi connectivity index (χ4n) is 2.47. The van der Waals surface area contributed by atoms with E-state index >= 15 is 0 Å². The van der Waals surface area contributed by atoms with E-state index in [0.29, 0.717) is 30.3 Å². The molecule has 0 unspecified atom stereocenters. The lowest BCUT2D eigenvalue weighted by atomic mass is 10.2. The number of hydrogen-bond acceptors (Lipinski definition) is 4. The monoisotopic (exact) mass is 355 g/mol. The standard InChI is InChI=1S/C19H21N3O4/c23-18(10-11-20-19(24)22-14-6-2-1-3-7-14)21-12-15-13-25-16-8-4-5-9-17(16)26-15/h1-9,15H,10-13H2,(H,21,23)(H2,20,22,24)/t15-/m1/s1. The Morgan fingerprint density at radius 3 is 2.50 bits per heavy atom. The number of rotatable bonds is 6. The van der Waals surface area contributed by atoms with Gasteiger partial charge in [-0.2, -0.15) is 0 Å². The van der Waals surface area contributed by atoms with E-state index in [2.05, 4.69) is 16.0 Å². The summed E-state index contributed by atoms with van der Waals surface area (Å²) in [6.07, 6.45) is -0.0463. The van der Waals surface area contributed by atoms with E-state index in [-0.39, 0.29) is 31.0 Å². The maximum Gasteiger partial charge on any atom is 0.319 e. The number of carbonyl (C=O) groups is 2. The number of nitrogens with one attached hydrogen (secondary N) is 3. The van der Waals surface area contributed by atoms with Gasteiger partial charge in [-0.05, 0) is 24.3 Å². The topological polar surface area (TPSA) is 88.7 Å². The zero-order chi connectivity index (χ0) is 18.2. The van der Waals surface area contributed by atoms with Gasteiger partial charge < -0.3 is 25.4 Å². The summed E-state index contributed by atoms with van der Waals surface area (Å²) in [5.74, 6) is 1.23. The van der Waals surface area contributed by atoms with Gasteiger partial charge in [0.1, 0.15) is 12.7 Å². The van der Waals surface area contributed by atoms with Crippen LogP contribution in [0.1, 0.15) is 6.42 Å². The average molecular weight is 355 g/mol. The highest BCUT2D eigenvalue weighted by atomic mass is 16.6. The summed E-state index contributed by atoms with van der Waals surface area (Å²) >= 11 is 0. The van der Waals surface area contributed by atoms with Gasteiger partial charge in [0.15, 0.2) is 11.5 Å². The highest BCUT2D eigenvalue weighted by molar-refractivity contribution is 5.89. The molecule has 1 heterocycles. The Kier molecular flexibility index (Phi) is 5.92. The molecule has 26 heavy (non-hydrogen) atoms. The van der Waals surface area contributed by atoms with Crippen molar-refractivity contribution < 1.29 is 19.1 Å². The van der Waals surface area contributed by atoms with Crippen LogP contribution >= 0.6 is 0 Å². The van der Waals surface area contributed by atoms with Crippen LogP contribution in [0.2, 0.25) is 0 Å². The molecule has 3 N–H and O–H groups in total. The van der Waals surface area contributed by atoms with Crippen molar-refractivity contribution >= 4 is 17.6 Å². The molecular formula is C19H21N3O4. The molecule has 0 spiro atoms. The predicted octanol–water partition coefficient (Wildman–Crippen LogP) is 2.15. The maximum atomic E-state index is 11.9. The van der Waals surface area contributed by atoms with Crippen LogP contribution in [0.25, 0.3) is 0 Å². The Morgan fingerprint density at radius 2 is 1.69 bits per heavy atom. The maximum absolute atomic E-state index is 11.9. The summed E-state index contributed by atoms with van der Waals surface area (Å²) in [6.45, 7) is 0.980. The molecule has 2 aromatic carbocycles. The van der Waals surface area contributed by atoms with Gasteiger partial charge >= 0.3 is 6.03 Å². The Balaban J connectivity index is 1.32. The third-order valence-corrected chi connectivity index (χ3v) is 3.76. The van der Waals surface area contributed by atoms with Crippen LogP contribution < -0.4 is 25.4 Å². The quantitative estimate of drug-likeness (QED) is 0.741. The second-order valence-corrected chi connectivity index (χ2v) is 5.80. The SMILES string of the molecule is O=C(CCNC(=O)Nc1ccccc1)NC[C@@H]1COc2ccccc2O1. The van der Waals surface area contributed by atoms with Crippen LogP contribution in [0.4, 0.5) is 10.5 Å². The van der Waals surface area contributed by atoms with Gasteiger partial charge in [0, 0.05) is 18.7 Å². The van der Waals surface area contributed by atoms with E-state index in [1.54, 1.807) is 12.1 Å². The Morgan fingerprint density at radius 1 is 0.962 bits per heavy atom. The largest absolute Gasteiger partial charge is 0.486 e. The minimum Gasteiger partial charge on any atom is -0.486 e. The molecule has 0 radical (unpaired) electrons. The number of benzene rings is 2. The molecule has 0 aliphatic carbocycles. The van der Waals surface area contributed by atoms with E-state index in [1.165, 1.54) is 0 Å². The first-order chi connectivity index (χ1) is 12.7. The van der Waals surface area contributed by atoms with Crippen LogP contribution in [0.3, 0.4) is 0 Å². The third-order valence-electron chi connectivity index (χ3n) is 3.76. The van der Waals surface area contributed by atoms with Gasteiger partial charge in [-0.3, -0.25) is 4.79 Å². The molecular weight excluding hydrogens is 334 g/mol. The van der Waals surface area contributed by atoms with Crippen molar-refractivity contribution in [1.82, 2.24) is 10.6 Å². The third kappa shape index (κ3) is 5.14. The van der Waals surface area contributed by atoms with Crippen LogP contribution in [0.5, 0.6) is 11.5 Å². The number of ether oxygens (including phenoxy) is 2. The van der Waals surface area contributed by atoms with Crippen LogP contribution in [-0.2, 0) is 4.79 Å². The van der Waals surface area contributed by atoms with Crippen molar-refractivity contribution in [3.63, 3.8) is 0 Å². The van der Waals surface area contributed by atoms with E-state index in [9.17, 15) is 9.59 Å². The van der Waals surface area contributed by atoms with Gasteiger partial charge in [-0.1, -0.05) is 30.3 Å². The lowest BCUT2D eigenvalue weighted by molar-refractivity contribution is -0.121. The van der Waals surface area contributed by atoms with E-state index in [1.807, 2.05) is 42.5 Å². The molecule has 0 bridgehead atoms. The lowest BCUT2D eigenvalue weighted by Gasteiger charge is -2.26. The molecule has 7 heteroatoms. The van der Waals surface area contributed by atoms with Crippen molar-refractivity contribution in [2.24, 2.45) is 0 Å². The van der Waals surface area contributed by atoms with Crippen molar-refractivity contribution in [2.75, 3.05) is 25.0 Å². The number of para-hydroxylation sites is 3. The molecule has 2 aromatic rings. The van der Waals surface area contributed by atoms with Crippen LogP contribution in [0, 0.1) is 0 Å². The zero-order valence-electron chi connectivity index (χ0n) is 14.2. The normalized spacial score (nSPS) is 15.0. The average Bonchev–Trinajstić information content (AvgIpc) is 2.67. The van der Waals surface area contributed by atoms with Crippen molar-refractivity contribution in [2.45, 2.75) is 12.5 Å². The summed E-state index contributed by atoms with van der Waals surface area (Å²) in [4.78, 5) is 23.6. The van der Waals surface area contributed by atoms with Crippen LogP contribution in [-0.4, -0.2) is 37.7 Å². The summed E-state index contributed by atoms with van der Waals surface area (Å²) in [7, 11) is 0. The number of fused-ring (bicyclic) bond motifs is 1. The summed E-state index contributed by atoms with van der Waals surface area (Å²) in [5.41, 5.74) is 0.698. The molecule has 3 rings (SSSR count). The molecule has 3 amide bonds. The van der Waals surface area contributed by atoms with Gasteiger partial charge in [0.2, 0.25) is 5.91 Å². The first-order valence-corrected chi connectivity index (χ1v) is 8.46. The van der Waals surface area contributed by atoms with E-state index in [0.717, 1.165) is 0 Å². The molecule has 0 fully saturated rings. The van der Waals surface area contributed by atoms with Crippen molar-refractivity contribution in [1.29, 1.82) is 0 Å². The minimum atomic E-state index is -0.343. The Labute approximate surface area is 151 Å². The fraction of sp³-hybridized carbons (Fsp3) is 0.263. The fourth-order valence-corrected chi connectivity index (χ4v) is 2.47. The number of urea groups is 1. The minimum absolute atomic E-state index is 0.160. The summed E-state index contributed by atoms with van der Waals surface area (Å²) in [5, 5.41) is 8.13. The number of anilines is 1. The molecule has 7 nitrogen and oxygen atoms in total. The number of hydrogen-bond donors (Lipinski definition) is 3. The van der Waals surface area contributed by atoms with E-state index in [4.69, 9.17) is 9.47 Å². The van der Waals surface area contributed by atoms with Gasteiger partial charge in [-0.25, -0.2) is 4.79 Å². The van der Waals surface area contributed by atoms with Gasteiger partial charge in [0.25, 0.3) is 0 Å². The van der Waals surface area contributed by atoms with E-state index < -0.39 is 0 Å². The van der Waals surface area contributed by atoms with Gasteiger partial charge in [0.05, 0.1) is 6.54 Å². The predicted molar refractivity (Wildman–Crippen MR) is 97.4 cm³/mol. The second kappa shape index (κ2) is 8.75. The molecule has 0 saturated carbocycles. The van der Waals surface area contributed by atoms with Crippen LogP contribution in [0.15, 0.2) is 54.6 Å². The molecule has 0 aromatic heterocycles. The Hall–Kier alpha value is -3.22. The van der Waals surface area contributed by atoms with Gasteiger partial charge in [-0.15, -0.1) is 0 Å². The first-order valence-electron chi connectivity index (χ1n) is 8.46. The molecule has 1 aliphatic heterocycles. The molecule has 1 aliphatic rings. The second-order valence-electron chi connectivity index (χ2n) is 5.80. The molecule has 136 valence electrons. The highest BCUT2D eigenvalue weighted by Crippen LogP contribution is 2.30. The molecule has 0 saturated heterocycles. The number of carbonyl (C=O) groups excluding carboxylic acids is 2. The Bertz CT molecular complexity index is 751. The van der Waals surface area contributed by atoms with Crippen molar-refractivity contribution in [3.05, 3.63) is 54.6 Å². The lowest BCUT2D eigenvalue weighted by Crippen LogP contribution is -2.41. The van der Waals surface area contributed by atoms with Crippen molar-refractivity contribution in [3.8, 4) is 11.5 Å². The summed E-state index contributed by atoms with van der Waals surface area (Å²) < 4.78 is 11.4.